The Kier molecular flexibility index (Phi) is 1.91. The van der Waals surface area contributed by atoms with E-state index in [4.69, 9.17) is 14.4 Å². The number of carboxylic acid groups (broad SMARTS) is 1. The molecule has 0 saturated carbocycles. The molecule has 60 valence electrons. The SMILES string of the molecule is CC1=COBOC1(C)C(=O)O. The molecule has 5 heteroatoms. The fourth-order valence-electron chi connectivity index (χ4n) is 0.768. The summed E-state index contributed by atoms with van der Waals surface area (Å²) in [4.78, 5) is 10.7. The van der Waals surface area contributed by atoms with Gasteiger partial charge < -0.3 is 14.4 Å². The first-order valence-corrected chi connectivity index (χ1v) is 3.23. The molecule has 1 N–H and O–H groups in total. The van der Waals surface area contributed by atoms with E-state index in [1.807, 2.05) is 0 Å². The van der Waals surface area contributed by atoms with Gasteiger partial charge in [-0.1, -0.05) is 0 Å². The van der Waals surface area contributed by atoms with E-state index >= 15 is 0 Å². The Morgan fingerprint density at radius 1 is 1.82 bits per heavy atom. The largest absolute Gasteiger partial charge is 0.544 e. The molecule has 1 unspecified atom stereocenters. The Balaban J connectivity index is 2.92. The maximum absolute atomic E-state index is 10.7. The van der Waals surface area contributed by atoms with Gasteiger partial charge in [-0.15, -0.1) is 0 Å². The van der Waals surface area contributed by atoms with Gasteiger partial charge in [-0.3, -0.25) is 0 Å². The van der Waals surface area contributed by atoms with Gasteiger partial charge in [0.1, 0.15) is 0 Å². The second-order valence-electron chi connectivity index (χ2n) is 2.57. The Morgan fingerprint density at radius 2 is 2.45 bits per heavy atom. The zero-order chi connectivity index (χ0) is 8.48. The minimum Gasteiger partial charge on any atom is -0.544 e. The molecule has 0 aromatic carbocycles. The van der Waals surface area contributed by atoms with Crippen molar-refractivity contribution in [2.75, 3.05) is 0 Å². The van der Waals surface area contributed by atoms with E-state index < -0.39 is 11.6 Å². The zero-order valence-electron chi connectivity index (χ0n) is 6.46. The van der Waals surface area contributed by atoms with E-state index in [9.17, 15) is 4.79 Å². The molecule has 0 aromatic rings. The summed E-state index contributed by atoms with van der Waals surface area (Å²) < 4.78 is 9.73. The lowest BCUT2D eigenvalue weighted by Gasteiger charge is -2.29. The van der Waals surface area contributed by atoms with Crippen molar-refractivity contribution in [3.05, 3.63) is 11.8 Å². The van der Waals surface area contributed by atoms with Crippen LogP contribution in [0.25, 0.3) is 0 Å². The predicted molar refractivity (Wildman–Crippen MR) is 39.1 cm³/mol. The highest BCUT2D eigenvalue weighted by Crippen LogP contribution is 2.23. The van der Waals surface area contributed by atoms with Crippen molar-refractivity contribution in [1.82, 2.24) is 0 Å². The fourth-order valence-corrected chi connectivity index (χ4v) is 0.768. The maximum Gasteiger partial charge on any atom is 0.507 e. The van der Waals surface area contributed by atoms with Crippen LogP contribution in [0, 0.1) is 0 Å². The van der Waals surface area contributed by atoms with Crippen LogP contribution in [0.4, 0.5) is 0 Å². The number of aliphatic carboxylic acids is 1. The molecule has 0 aliphatic carbocycles. The van der Waals surface area contributed by atoms with Crippen LogP contribution in [-0.4, -0.2) is 24.4 Å². The van der Waals surface area contributed by atoms with Gasteiger partial charge in [0, 0.05) is 5.57 Å². The van der Waals surface area contributed by atoms with Gasteiger partial charge in [0.2, 0.25) is 0 Å². The summed E-state index contributed by atoms with van der Waals surface area (Å²) in [6, 6.07) is 0. The summed E-state index contributed by atoms with van der Waals surface area (Å²) in [5.74, 6) is -0.991. The normalized spacial score (nSPS) is 29.8. The van der Waals surface area contributed by atoms with Crippen LogP contribution in [0.3, 0.4) is 0 Å². The number of hydrogen-bond acceptors (Lipinski definition) is 3. The minimum atomic E-state index is -1.21. The van der Waals surface area contributed by atoms with Crippen LogP contribution < -0.4 is 0 Å². The van der Waals surface area contributed by atoms with E-state index in [0.29, 0.717) is 5.57 Å². The van der Waals surface area contributed by atoms with Gasteiger partial charge in [0.05, 0.1) is 6.26 Å². The van der Waals surface area contributed by atoms with Crippen molar-refractivity contribution in [2.45, 2.75) is 19.4 Å². The summed E-state index contributed by atoms with van der Waals surface area (Å²) >= 11 is 0. The van der Waals surface area contributed by atoms with Gasteiger partial charge in [-0.25, -0.2) is 4.79 Å². The van der Waals surface area contributed by atoms with Crippen LogP contribution >= 0.6 is 0 Å². The molecule has 0 aromatic heterocycles. The molecular weight excluding hydrogens is 147 g/mol. The van der Waals surface area contributed by atoms with Gasteiger partial charge in [0.25, 0.3) is 0 Å². The summed E-state index contributed by atoms with van der Waals surface area (Å²) in [7, 11) is 0.000139. The smallest absolute Gasteiger partial charge is 0.507 e. The first-order chi connectivity index (χ1) is 5.07. The summed E-state index contributed by atoms with van der Waals surface area (Å²) in [5.41, 5.74) is -0.644. The van der Waals surface area contributed by atoms with Crippen molar-refractivity contribution in [1.29, 1.82) is 0 Å². The highest BCUT2D eigenvalue weighted by Gasteiger charge is 2.38. The number of carbonyl (C=O) groups is 1. The van der Waals surface area contributed by atoms with Gasteiger partial charge >= 0.3 is 13.7 Å². The summed E-state index contributed by atoms with van der Waals surface area (Å²) in [6.07, 6.45) is 1.41. The molecule has 1 heterocycles. The summed E-state index contributed by atoms with van der Waals surface area (Å²) in [5, 5.41) is 8.75. The van der Waals surface area contributed by atoms with Crippen LogP contribution in [0.5, 0.6) is 0 Å². The predicted octanol–water partition coefficient (Wildman–Crippen LogP) is 0.0468. The number of hydrogen-bond donors (Lipinski definition) is 1. The second-order valence-corrected chi connectivity index (χ2v) is 2.57. The summed E-state index contributed by atoms with van der Waals surface area (Å²) in [6.45, 7) is 3.16. The van der Waals surface area contributed by atoms with Crippen molar-refractivity contribution >= 4 is 13.7 Å². The molecule has 11 heavy (non-hydrogen) atoms. The lowest BCUT2D eigenvalue weighted by atomic mass is 9.95. The second kappa shape index (κ2) is 2.58. The molecule has 0 saturated heterocycles. The van der Waals surface area contributed by atoms with Gasteiger partial charge in [0.15, 0.2) is 5.60 Å². The molecule has 0 amide bonds. The molecule has 0 fully saturated rings. The Bertz CT molecular complexity index is 213. The Morgan fingerprint density at radius 3 is 2.82 bits per heavy atom. The van der Waals surface area contributed by atoms with Crippen molar-refractivity contribution in [2.24, 2.45) is 0 Å². The highest BCUT2D eigenvalue weighted by atomic mass is 16.6. The molecule has 0 bridgehead atoms. The fraction of sp³-hybridized carbons (Fsp3) is 0.500. The quantitative estimate of drug-likeness (QED) is 0.544. The average Bonchev–Trinajstić information content (AvgIpc) is 1.95. The molecule has 1 aliphatic rings. The molecule has 1 rings (SSSR count). The lowest BCUT2D eigenvalue weighted by molar-refractivity contribution is -0.152. The highest BCUT2D eigenvalue weighted by molar-refractivity contribution is 6.20. The molecule has 0 radical (unpaired) electrons. The van der Waals surface area contributed by atoms with E-state index in [0.717, 1.165) is 0 Å². The Labute approximate surface area is 65.1 Å². The standard InChI is InChI=1S/C6H9BO4/c1-4-3-10-7-11-6(4,2)5(8)9/h3,7H,1-2H3,(H,8,9). The molecule has 1 atom stereocenters. The number of carboxylic acids is 1. The molecular formula is C6H9BO4. The van der Waals surface area contributed by atoms with Gasteiger partial charge in [-0.05, 0) is 13.8 Å². The van der Waals surface area contributed by atoms with Crippen molar-refractivity contribution < 1.29 is 19.2 Å². The third kappa shape index (κ3) is 1.23. The van der Waals surface area contributed by atoms with Crippen LogP contribution in [0.15, 0.2) is 11.8 Å². The van der Waals surface area contributed by atoms with E-state index in [-0.39, 0.29) is 7.69 Å². The van der Waals surface area contributed by atoms with Gasteiger partial charge in [-0.2, -0.15) is 0 Å². The van der Waals surface area contributed by atoms with Crippen LogP contribution in [-0.2, 0) is 14.1 Å². The third-order valence-corrected chi connectivity index (χ3v) is 1.84. The van der Waals surface area contributed by atoms with E-state index in [1.54, 1.807) is 6.92 Å². The lowest BCUT2D eigenvalue weighted by Crippen LogP contribution is -2.43. The minimum absolute atomic E-state index is 0.000139. The first kappa shape index (κ1) is 8.13. The van der Waals surface area contributed by atoms with E-state index in [2.05, 4.69) is 0 Å². The van der Waals surface area contributed by atoms with Crippen LogP contribution in [0.1, 0.15) is 13.8 Å². The topological polar surface area (TPSA) is 55.8 Å². The Hall–Kier alpha value is -0.965. The maximum atomic E-state index is 10.7. The average molecular weight is 156 g/mol. The van der Waals surface area contributed by atoms with Crippen molar-refractivity contribution in [3.63, 3.8) is 0 Å². The third-order valence-electron chi connectivity index (χ3n) is 1.84. The first-order valence-electron chi connectivity index (χ1n) is 3.23. The molecule has 0 spiro atoms. The zero-order valence-corrected chi connectivity index (χ0v) is 6.46. The number of rotatable bonds is 1. The monoisotopic (exact) mass is 156 g/mol. The van der Waals surface area contributed by atoms with Crippen LogP contribution in [0.2, 0.25) is 0 Å². The molecule has 1 aliphatic heterocycles. The molecule has 4 nitrogen and oxygen atoms in total. The van der Waals surface area contributed by atoms with Crippen molar-refractivity contribution in [3.8, 4) is 0 Å². The van der Waals surface area contributed by atoms with E-state index in [1.165, 1.54) is 13.2 Å².